The van der Waals surface area contributed by atoms with Crippen LogP contribution < -0.4 is 5.32 Å². The molecular weight excluding hydrogens is 192 g/mol. The SMILES string of the molecule is O=C(O)CN1CCC[C@H](NCC2CC2)C1. The number of hydrogen-bond acceptors (Lipinski definition) is 3. The predicted molar refractivity (Wildman–Crippen MR) is 57.8 cm³/mol. The van der Waals surface area contributed by atoms with Crippen LogP contribution in [0.2, 0.25) is 0 Å². The van der Waals surface area contributed by atoms with Crippen LogP contribution in [0.15, 0.2) is 0 Å². The number of carbonyl (C=O) groups is 1. The second-order valence-corrected chi connectivity index (χ2v) is 4.82. The molecule has 15 heavy (non-hydrogen) atoms. The molecule has 86 valence electrons. The molecule has 1 aliphatic heterocycles. The van der Waals surface area contributed by atoms with Crippen molar-refractivity contribution in [1.82, 2.24) is 10.2 Å². The van der Waals surface area contributed by atoms with Crippen molar-refractivity contribution in [3.63, 3.8) is 0 Å². The molecule has 0 spiro atoms. The van der Waals surface area contributed by atoms with E-state index in [1.807, 2.05) is 4.90 Å². The van der Waals surface area contributed by atoms with Crippen molar-refractivity contribution in [2.45, 2.75) is 31.7 Å². The highest BCUT2D eigenvalue weighted by atomic mass is 16.4. The van der Waals surface area contributed by atoms with E-state index in [1.165, 1.54) is 19.3 Å². The Kier molecular flexibility index (Phi) is 3.59. The fraction of sp³-hybridized carbons (Fsp3) is 0.909. The van der Waals surface area contributed by atoms with Crippen LogP contribution in [0.1, 0.15) is 25.7 Å². The lowest BCUT2D eigenvalue weighted by Gasteiger charge is -2.32. The molecule has 2 rings (SSSR count). The number of nitrogens with zero attached hydrogens (tertiary/aromatic N) is 1. The Bertz CT molecular complexity index is 229. The molecule has 1 atom stereocenters. The lowest BCUT2D eigenvalue weighted by molar-refractivity contribution is -0.138. The van der Waals surface area contributed by atoms with E-state index in [0.717, 1.165) is 32.0 Å². The summed E-state index contributed by atoms with van der Waals surface area (Å²) in [5.74, 6) is 0.192. The number of likely N-dealkylation sites (tertiary alicyclic amines) is 1. The Morgan fingerprint density at radius 1 is 1.40 bits per heavy atom. The standard InChI is InChI=1S/C11H20N2O2/c14-11(15)8-13-5-1-2-10(7-13)12-6-9-3-4-9/h9-10,12H,1-8H2,(H,14,15)/t10-/m0/s1. The third kappa shape index (κ3) is 3.80. The van der Waals surface area contributed by atoms with E-state index >= 15 is 0 Å². The minimum absolute atomic E-state index is 0.196. The maximum Gasteiger partial charge on any atom is 0.317 e. The number of nitrogens with one attached hydrogen (secondary N) is 1. The Hall–Kier alpha value is -0.610. The molecule has 0 amide bonds. The first kappa shape index (κ1) is 10.9. The maximum atomic E-state index is 10.6. The van der Waals surface area contributed by atoms with Gasteiger partial charge in [0, 0.05) is 12.6 Å². The summed E-state index contributed by atoms with van der Waals surface area (Å²) in [5.41, 5.74) is 0. The van der Waals surface area contributed by atoms with Crippen molar-refractivity contribution in [2.24, 2.45) is 5.92 Å². The van der Waals surface area contributed by atoms with Gasteiger partial charge in [-0.1, -0.05) is 0 Å². The lowest BCUT2D eigenvalue weighted by atomic mass is 10.1. The Morgan fingerprint density at radius 2 is 2.20 bits per heavy atom. The van der Waals surface area contributed by atoms with Crippen LogP contribution in [0.25, 0.3) is 0 Å². The highest BCUT2D eigenvalue weighted by Gasteiger charge is 2.25. The van der Waals surface area contributed by atoms with Gasteiger partial charge >= 0.3 is 5.97 Å². The number of carboxylic acids is 1. The molecule has 0 aromatic carbocycles. The van der Waals surface area contributed by atoms with E-state index in [1.54, 1.807) is 0 Å². The molecular formula is C11H20N2O2. The smallest absolute Gasteiger partial charge is 0.317 e. The van der Waals surface area contributed by atoms with Gasteiger partial charge in [-0.3, -0.25) is 9.69 Å². The Morgan fingerprint density at radius 3 is 2.87 bits per heavy atom. The second kappa shape index (κ2) is 4.94. The first-order chi connectivity index (χ1) is 7.24. The summed E-state index contributed by atoms with van der Waals surface area (Å²) in [7, 11) is 0. The van der Waals surface area contributed by atoms with Gasteiger partial charge in [0.05, 0.1) is 6.54 Å². The van der Waals surface area contributed by atoms with Crippen molar-refractivity contribution >= 4 is 5.97 Å². The molecule has 1 saturated heterocycles. The molecule has 1 aliphatic carbocycles. The largest absolute Gasteiger partial charge is 0.480 e. The van der Waals surface area contributed by atoms with Gasteiger partial charge < -0.3 is 10.4 Å². The summed E-state index contributed by atoms with van der Waals surface area (Å²) in [4.78, 5) is 12.6. The minimum atomic E-state index is -0.710. The normalized spacial score (nSPS) is 27.9. The number of hydrogen-bond donors (Lipinski definition) is 2. The quantitative estimate of drug-likeness (QED) is 0.698. The van der Waals surface area contributed by atoms with Crippen molar-refractivity contribution in [3.8, 4) is 0 Å². The van der Waals surface area contributed by atoms with E-state index in [2.05, 4.69) is 5.32 Å². The zero-order valence-electron chi connectivity index (χ0n) is 9.11. The molecule has 4 nitrogen and oxygen atoms in total. The van der Waals surface area contributed by atoms with Gasteiger partial charge in [-0.2, -0.15) is 0 Å². The first-order valence-electron chi connectivity index (χ1n) is 5.91. The van der Waals surface area contributed by atoms with Crippen LogP contribution in [-0.4, -0.2) is 48.2 Å². The van der Waals surface area contributed by atoms with E-state index in [4.69, 9.17) is 5.11 Å². The summed E-state index contributed by atoms with van der Waals surface area (Å²) in [6.07, 6.45) is 5.07. The topological polar surface area (TPSA) is 52.6 Å². The fourth-order valence-corrected chi connectivity index (χ4v) is 2.21. The van der Waals surface area contributed by atoms with Gasteiger partial charge in [-0.05, 0) is 44.7 Å². The molecule has 2 N–H and O–H groups in total. The number of rotatable bonds is 5. The average Bonchev–Trinajstić information content (AvgIpc) is 2.97. The maximum absolute atomic E-state index is 10.6. The first-order valence-corrected chi connectivity index (χ1v) is 5.91. The molecule has 1 saturated carbocycles. The summed E-state index contributed by atoms with van der Waals surface area (Å²) < 4.78 is 0. The van der Waals surface area contributed by atoms with Gasteiger partial charge in [-0.15, -0.1) is 0 Å². The molecule has 2 aliphatic rings. The lowest BCUT2D eigenvalue weighted by Crippen LogP contribution is -2.47. The Balaban J connectivity index is 1.68. The molecule has 2 fully saturated rings. The van der Waals surface area contributed by atoms with E-state index in [9.17, 15) is 4.79 Å². The van der Waals surface area contributed by atoms with Crippen molar-refractivity contribution in [2.75, 3.05) is 26.2 Å². The van der Waals surface area contributed by atoms with Crippen molar-refractivity contribution in [3.05, 3.63) is 0 Å². The third-order valence-electron chi connectivity index (χ3n) is 3.26. The van der Waals surface area contributed by atoms with Crippen LogP contribution >= 0.6 is 0 Å². The van der Waals surface area contributed by atoms with Gasteiger partial charge in [0.15, 0.2) is 0 Å². The van der Waals surface area contributed by atoms with Crippen LogP contribution in [0, 0.1) is 5.92 Å². The summed E-state index contributed by atoms with van der Waals surface area (Å²) in [6, 6.07) is 0.513. The number of piperidine rings is 1. The predicted octanol–water partition coefficient (Wildman–Crippen LogP) is 0.535. The highest BCUT2D eigenvalue weighted by Crippen LogP contribution is 2.28. The van der Waals surface area contributed by atoms with Crippen LogP contribution in [0.3, 0.4) is 0 Å². The van der Waals surface area contributed by atoms with E-state index < -0.39 is 5.97 Å². The molecule has 0 aromatic heterocycles. The molecule has 0 radical (unpaired) electrons. The summed E-state index contributed by atoms with van der Waals surface area (Å²) in [5, 5.41) is 12.3. The van der Waals surface area contributed by atoms with Gasteiger partial charge in [-0.25, -0.2) is 0 Å². The van der Waals surface area contributed by atoms with Crippen molar-refractivity contribution in [1.29, 1.82) is 0 Å². The zero-order chi connectivity index (χ0) is 10.7. The summed E-state index contributed by atoms with van der Waals surface area (Å²) in [6.45, 7) is 3.17. The minimum Gasteiger partial charge on any atom is -0.480 e. The van der Waals surface area contributed by atoms with Gasteiger partial charge in [0.25, 0.3) is 0 Å². The monoisotopic (exact) mass is 212 g/mol. The van der Waals surface area contributed by atoms with Crippen LogP contribution in [-0.2, 0) is 4.79 Å². The second-order valence-electron chi connectivity index (χ2n) is 4.82. The molecule has 0 bridgehead atoms. The van der Waals surface area contributed by atoms with Crippen molar-refractivity contribution < 1.29 is 9.90 Å². The zero-order valence-corrected chi connectivity index (χ0v) is 9.11. The van der Waals surface area contributed by atoms with Crippen LogP contribution in [0.5, 0.6) is 0 Å². The number of carboxylic acid groups (broad SMARTS) is 1. The third-order valence-corrected chi connectivity index (χ3v) is 3.26. The van der Waals surface area contributed by atoms with Crippen LogP contribution in [0.4, 0.5) is 0 Å². The average molecular weight is 212 g/mol. The molecule has 0 unspecified atom stereocenters. The van der Waals surface area contributed by atoms with Gasteiger partial charge in [0.2, 0.25) is 0 Å². The summed E-state index contributed by atoms with van der Waals surface area (Å²) >= 11 is 0. The fourth-order valence-electron chi connectivity index (χ4n) is 2.21. The molecule has 0 aromatic rings. The number of aliphatic carboxylic acids is 1. The van der Waals surface area contributed by atoms with E-state index in [0.29, 0.717) is 6.04 Å². The molecule has 1 heterocycles. The Labute approximate surface area is 90.6 Å². The molecule has 4 heteroatoms. The highest BCUT2D eigenvalue weighted by molar-refractivity contribution is 5.69. The van der Waals surface area contributed by atoms with Gasteiger partial charge in [0.1, 0.15) is 0 Å². The van der Waals surface area contributed by atoms with E-state index in [-0.39, 0.29) is 6.54 Å².